The summed E-state index contributed by atoms with van der Waals surface area (Å²) in [5.41, 5.74) is 0.906. The predicted octanol–water partition coefficient (Wildman–Crippen LogP) is 3.80. The van der Waals surface area contributed by atoms with Crippen LogP contribution in [0.4, 0.5) is 4.39 Å². The zero-order chi connectivity index (χ0) is 12.4. The van der Waals surface area contributed by atoms with Crippen LogP contribution in [-0.4, -0.2) is 12.1 Å². The van der Waals surface area contributed by atoms with Crippen LogP contribution >= 0.6 is 11.6 Å². The third kappa shape index (κ3) is 3.68. The minimum absolute atomic E-state index is 0.209. The number of hydrogen-bond acceptors (Lipinski definition) is 1. The molecule has 17 heavy (non-hydrogen) atoms. The van der Waals surface area contributed by atoms with Gasteiger partial charge >= 0.3 is 0 Å². The van der Waals surface area contributed by atoms with Crippen molar-refractivity contribution in [2.75, 3.05) is 0 Å². The Hall–Kier alpha value is -0.600. The molecule has 0 radical (unpaired) electrons. The fourth-order valence-corrected chi connectivity index (χ4v) is 2.20. The van der Waals surface area contributed by atoms with Gasteiger partial charge in [-0.3, -0.25) is 0 Å². The van der Waals surface area contributed by atoms with Crippen molar-refractivity contribution in [3.63, 3.8) is 0 Å². The van der Waals surface area contributed by atoms with Crippen molar-refractivity contribution < 1.29 is 4.39 Å². The first-order valence-electron chi connectivity index (χ1n) is 6.26. The number of nitrogens with one attached hydrogen (secondary N) is 1. The van der Waals surface area contributed by atoms with Crippen LogP contribution in [0.2, 0.25) is 5.02 Å². The number of halogens is 2. The van der Waals surface area contributed by atoms with E-state index in [-0.39, 0.29) is 5.82 Å². The Morgan fingerprint density at radius 3 is 2.76 bits per heavy atom. The van der Waals surface area contributed by atoms with Gasteiger partial charge in [0.15, 0.2) is 0 Å². The third-order valence-electron chi connectivity index (χ3n) is 3.48. The maximum Gasteiger partial charge on any atom is 0.123 e. The van der Waals surface area contributed by atoms with E-state index in [4.69, 9.17) is 11.6 Å². The van der Waals surface area contributed by atoms with Crippen molar-refractivity contribution in [3.8, 4) is 0 Å². The normalized spacial score (nSPS) is 19.1. The minimum atomic E-state index is -0.209. The highest BCUT2D eigenvalue weighted by atomic mass is 35.5. The van der Waals surface area contributed by atoms with Crippen LogP contribution in [0.25, 0.3) is 0 Å². The van der Waals surface area contributed by atoms with E-state index >= 15 is 0 Å². The zero-order valence-corrected chi connectivity index (χ0v) is 11.1. The van der Waals surface area contributed by atoms with Gasteiger partial charge in [-0.25, -0.2) is 4.39 Å². The smallest absolute Gasteiger partial charge is 0.123 e. The average molecular weight is 256 g/mol. The predicted molar refractivity (Wildman–Crippen MR) is 69.9 cm³/mol. The van der Waals surface area contributed by atoms with Gasteiger partial charge in [-0.1, -0.05) is 18.5 Å². The van der Waals surface area contributed by atoms with Crippen LogP contribution in [-0.2, 0) is 6.42 Å². The molecule has 2 rings (SSSR count). The molecule has 0 aromatic heterocycles. The molecule has 1 nitrogen and oxygen atoms in total. The molecule has 0 spiro atoms. The lowest BCUT2D eigenvalue weighted by Gasteiger charge is -2.21. The van der Waals surface area contributed by atoms with Crippen LogP contribution in [0, 0.1) is 11.7 Å². The topological polar surface area (TPSA) is 12.0 Å². The van der Waals surface area contributed by atoms with Crippen LogP contribution in [0.15, 0.2) is 18.2 Å². The molecule has 0 bridgehead atoms. The van der Waals surface area contributed by atoms with Crippen molar-refractivity contribution in [1.29, 1.82) is 0 Å². The van der Waals surface area contributed by atoms with E-state index in [1.165, 1.54) is 18.9 Å². The molecule has 2 unspecified atom stereocenters. The van der Waals surface area contributed by atoms with Gasteiger partial charge in [-0.05, 0) is 55.9 Å². The summed E-state index contributed by atoms with van der Waals surface area (Å²) in [6.45, 7) is 4.37. The van der Waals surface area contributed by atoms with Crippen molar-refractivity contribution in [2.24, 2.45) is 5.92 Å². The maximum absolute atomic E-state index is 13.1. The molecule has 2 atom stereocenters. The Morgan fingerprint density at radius 2 is 2.12 bits per heavy atom. The van der Waals surface area contributed by atoms with Crippen LogP contribution < -0.4 is 5.32 Å². The molecule has 0 heterocycles. The first-order chi connectivity index (χ1) is 8.06. The van der Waals surface area contributed by atoms with Gasteiger partial charge in [0.05, 0.1) is 0 Å². The number of benzene rings is 1. The molecular weight excluding hydrogens is 237 g/mol. The molecule has 1 saturated carbocycles. The highest BCUT2D eigenvalue weighted by Gasteiger charge is 2.25. The second-order valence-electron chi connectivity index (χ2n) is 5.15. The summed E-state index contributed by atoms with van der Waals surface area (Å²) >= 11 is 6.08. The van der Waals surface area contributed by atoms with Gasteiger partial charge in [0.25, 0.3) is 0 Å². The molecule has 94 valence electrons. The van der Waals surface area contributed by atoms with E-state index in [9.17, 15) is 4.39 Å². The lowest BCUT2D eigenvalue weighted by molar-refractivity contribution is 0.395. The van der Waals surface area contributed by atoms with Crippen molar-refractivity contribution in [1.82, 2.24) is 5.32 Å². The van der Waals surface area contributed by atoms with Gasteiger partial charge in [-0.15, -0.1) is 0 Å². The Labute approximate surface area is 107 Å². The van der Waals surface area contributed by atoms with Crippen LogP contribution in [0.3, 0.4) is 0 Å². The van der Waals surface area contributed by atoms with E-state index in [1.807, 2.05) is 0 Å². The van der Waals surface area contributed by atoms with Crippen LogP contribution in [0.1, 0.15) is 32.3 Å². The Balaban J connectivity index is 1.95. The Bertz CT molecular complexity index is 390. The van der Waals surface area contributed by atoms with Gasteiger partial charge in [0.2, 0.25) is 0 Å². The summed E-state index contributed by atoms with van der Waals surface area (Å²) in [5, 5.41) is 4.23. The van der Waals surface area contributed by atoms with E-state index in [1.54, 1.807) is 12.1 Å². The lowest BCUT2D eigenvalue weighted by Crippen LogP contribution is -2.34. The molecular formula is C14H19ClFN. The summed E-state index contributed by atoms with van der Waals surface area (Å²) in [6.07, 6.45) is 3.40. The summed E-state index contributed by atoms with van der Waals surface area (Å²) in [4.78, 5) is 0. The monoisotopic (exact) mass is 255 g/mol. The molecule has 1 aromatic carbocycles. The molecule has 1 fully saturated rings. The third-order valence-corrected chi connectivity index (χ3v) is 3.85. The standard InChI is InChI=1S/C14H19ClFN/c1-9(10(2)17-13-4-5-13)7-11-8-12(16)3-6-14(11)15/h3,6,8-10,13,17H,4-5,7H2,1-2H3. The number of rotatable bonds is 5. The minimum Gasteiger partial charge on any atom is -0.311 e. The quantitative estimate of drug-likeness (QED) is 0.844. The maximum atomic E-state index is 13.1. The first kappa shape index (κ1) is 12.8. The average Bonchev–Trinajstić information content (AvgIpc) is 3.07. The first-order valence-corrected chi connectivity index (χ1v) is 6.64. The molecule has 1 aliphatic rings. The summed E-state index contributed by atoms with van der Waals surface area (Å²) < 4.78 is 13.1. The Kier molecular flexibility index (Phi) is 4.05. The van der Waals surface area contributed by atoms with Crippen molar-refractivity contribution in [2.45, 2.75) is 45.2 Å². The largest absolute Gasteiger partial charge is 0.311 e. The molecule has 0 saturated heterocycles. The SMILES string of the molecule is CC(Cc1cc(F)ccc1Cl)C(C)NC1CC1. The van der Waals surface area contributed by atoms with Gasteiger partial charge in [-0.2, -0.15) is 0 Å². The molecule has 0 amide bonds. The molecule has 1 aliphatic carbocycles. The van der Waals surface area contributed by atoms with E-state index in [0.29, 0.717) is 23.0 Å². The lowest BCUT2D eigenvalue weighted by atomic mass is 9.95. The van der Waals surface area contributed by atoms with Crippen LogP contribution in [0.5, 0.6) is 0 Å². The molecule has 1 N–H and O–H groups in total. The second-order valence-corrected chi connectivity index (χ2v) is 5.55. The molecule has 3 heteroatoms. The number of hydrogen-bond donors (Lipinski definition) is 1. The fourth-order valence-electron chi connectivity index (χ4n) is 2.01. The second kappa shape index (κ2) is 5.36. The highest BCUT2D eigenvalue weighted by molar-refractivity contribution is 6.31. The molecule has 1 aromatic rings. The summed E-state index contributed by atoms with van der Waals surface area (Å²) in [6, 6.07) is 5.74. The highest BCUT2D eigenvalue weighted by Crippen LogP contribution is 2.24. The fraction of sp³-hybridized carbons (Fsp3) is 0.571. The van der Waals surface area contributed by atoms with Crippen molar-refractivity contribution in [3.05, 3.63) is 34.6 Å². The molecule has 0 aliphatic heterocycles. The van der Waals surface area contributed by atoms with Gasteiger partial charge in [0.1, 0.15) is 5.82 Å². The van der Waals surface area contributed by atoms with Gasteiger partial charge < -0.3 is 5.32 Å². The zero-order valence-electron chi connectivity index (χ0n) is 10.3. The van der Waals surface area contributed by atoms with E-state index in [2.05, 4.69) is 19.2 Å². The van der Waals surface area contributed by atoms with E-state index < -0.39 is 0 Å². The summed E-state index contributed by atoms with van der Waals surface area (Å²) in [5.74, 6) is 0.245. The van der Waals surface area contributed by atoms with Gasteiger partial charge in [0, 0.05) is 17.1 Å². The Morgan fingerprint density at radius 1 is 1.41 bits per heavy atom. The summed E-state index contributed by atoms with van der Waals surface area (Å²) in [7, 11) is 0. The van der Waals surface area contributed by atoms with Crippen molar-refractivity contribution >= 4 is 11.6 Å². The van der Waals surface area contributed by atoms with E-state index in [0.717, 1.165) is 12.0 Å².